The quantitative estimate of drug-likeness (QED) is 0.806. The Morgan fingerprint density at radius 3 is 2.82 bits per heavy atom. The van der Waals surface area contributed by atoms with Gasteiger partial charge in [-0.15, -0.1) is 0 Å². The Balaban J connectivity index is 1.81. The van der Waals surface area contributed by atoms with Crippen molar-refractivity contribution in [1.82, 2.24) is 5.32 Å². The summed E-state index contributed by atoms with van der Waals surface area (Å²) >= 11 is 0. The summed E-state index contributed by atoms with van der Waals surface area (Å²) in [7, 11) is 2.06. The summed E-state index contributed by atoms with van der Waals surface area (Å²) in [4.78, 5) is 0. The predicted octanol–water partition coefficient (Wildman–Crippen LogP) is 4.61. The van der Waals surface area contributed by atoms with Crippen LogP contribution in [0.5, 0.6) is 11.5 Å². The molecule has 3 rings (SSSR count). The molecule has 122 valence electrons. The van der Waals surface area contributed by atoms with Crippen LogP contribution in [0.15, 0.2) is 18.2 Å². The monoisotopic (exact) mass is 303 g/mol. The van der Waals surface area contributed by atoms with Crippen molar-refractivity contribution in [3.05, 3.63) is 23.8 Å². The van der Waals surface area contributed by atoms with E-state index in [1.807, 2.05) is 0 Å². The lowest BCUT2D eigenvalue weighted by Crippen LogP contribution is -2.45. The summed E-state index contributed by atoms with van der Waals surface area (Å²) in [6.07, 6.45) is 9.65. The molecule has 1 atom stereocenters. The fourth-order valence-electron chi connectivity index (χ4n) is 3.83. The van der Waals surface area contributed by atoms with Gasteiger partial charge in [0.05, 0.1) is 6.61 Å². The molecule has 3 nitrogen and oxygen atoms in total. The van der Waals surface area contributed by atoms with Crippen molar-refractivity contribution < 1.29 is 9.47 Å². The average molecular weight is 303 g/mol. The Morgan fingerprint density at radius 1 is 1.27 bits per heavy atom. The number of benzene rings is 1. The van der Waals surface area contributed by atoms with Crippen LogP contribution in [-0.4, -0.2) is 19.3 Å². The van der Waals surface area contributed by atoms with Crippen LogP contribution in [0.3, 0.4) is 0 Å². The number of nitrogens with one attached hydrogen (secondary N) is 1. The summed E-state index contributed by atoms with van der Waals surface area (Å²) in [6.45, 7) is 2.97. The fraction of sp³-hybridized carbons (Fsp3) is 0.684. The van der Waals surface area contributed by atoms with Crippen molar-refractivity contribution in [3.63, 3.8) is 0 Å². The molecule has 1 saturated carbocycles. The van der Waals surface area contributed by atoms with E-state index in [1.54, 1.807) is 0 Å². The Hall–Kier alpha value is -1.22. The van der Waals surface area contributed by atoms with E-state index >= 15 is 0 Å². The molecule has 1 spiro atoms. The first-order valence-corrected chi connectivity index (χ1v) is 8.89. The second-order valence-electron chi connectivity index (χ2n) is 6.79. The highest BCUT2D eigenvalue weighted by atomic mass is 16.5. The number of hydrogen-bond donors (Lipinski definition) is 1. The molecule has 1 unspecified atom stereocenters. The number of hydrogen-bond acceptors (Lipinski definition) is 3. The van der Waals surface area contributed by atoms with Gasteiger partial charge in [-0.2, -0.15) is 0 Å². The Labute approximate surface area is 134 Å². The second-order valence-corrected chi connectivity index (χ2v) is 6.79. The molecule has 1 aliphatic heterocycles. The largest absolute Gasteiger partial charge is 0.493 e. The van der Waals surface area contributed by atoms with E-state index in [0.717, 1.165) is 37.4 Å². The maximum absolute atomic E-state index is 6.52. The van der Waals surface area contributed by atoms with E-state index < -0.39 is 0 Å². The third-order valence-corrected chi connectivity index (χ3v) is 5.14. The van der Waals surface area contributed by atoms with Crippen LogP contribution in [0.1, 0.15) is 69.9 Å². The smallest absolute Gasteiger partial charge is 0.128 e. The lowest BCUT2D eigenvalue weighted by molar-refractivity contribution is -0.00197. The molecule has 2 aliphatic rings. The van der Waals surface area contributed by atoms with Crippen LogP contribution in [0, 0.1) is 0 Å². The van der Waals surface area contributed by atoms with Gasteiger partial charge in [0.15, 0.2) is 0 Å². The molecule has 0 saturated heterocycles. The molecule has 3 heteroatoms. The van der Waals surface area contributed by atoms with E-state index in [0.29, 0.717) is 6.04 Å². The summed E-state index contributed by atoms with van der Waals surface area (Å²) < 4.78 is 12.4. The van der Waals surface area contributed by atoms with E-state index in [1.165, 1.54) is 37.7 Å². The van der Waals surface area contributed by atoms with Crippen molar-refractivity contribution in [3.8, 4) is 11.5 Å². The van der Waals surface area contributed by atoms with Crippen LogP contribution >= 0.6 is 0 Å². The lowest BCUT2D eigenvalue weighted by atomic mass is 9.77. The zero-order chi connectivity index (χ0) is 15.4. The van der Waals surface area contributed by atoms with Gasteiger partial charge in [0.25, 0.3) is 0 Å². The molecule has 1 aromatic carbocycles. The van der Waals surface area contributed by atoms with Crippen molar-refractivity contribution in [2.75, 3.05) is 13.7 Å². The van der Waals surface area contributed by atoms with Gasteiger partial charge in [-0.1, -0.05) is 25.8 Å². The van der Waals surface area contributed by atoms with E-state index in [4.69, 9.17) is 9.47 Å². The molecule has 1 aromatic rings. The van der Waals surface area contributed by atoms with Gasteiger partial charge in [-0.25, -0.2) is 0 Å². The van der Waals surface area contributed by atoms with Crippen LogP contribution in [0.2, 0.25) is 0 Å². The van der Waals surface area contributed by atoms with Gasteiger partial charge in [0.1, 0.15) is 17.1 Å². The van der Waals surface area contributed by atoms with E-state index in [-0.39, 0.29) is 5.60 Å². The van der Waals surface area contributed by atoms with Crippen LogP contribution < -0.4 is 14.8 Å². The first kappa shape index (κ1) is 15.7. The Morgan fingerprint density at radius 2 is 2.09 bits per heavy atom. The van der Waals surface area contributed by atoms with E-state index in [9.17, 15) is 0 Å². The van der Waals surface area contributed by atoms with Crippen LogP contribution in [-0.2, 0) is 0 Å². The van der Waals surface area contributed by atoms with Crippen molar-refractivity contribution in [1.29, 1.82) is 0 Å². The maximum atomic E-state index is 6.52. The third-order valence-electron chi connectivity index (χ3n) is 5.14. The number of fused-ring (bicyclic) bond motifs is 1. The normalized spacial score (nSPS) is 22.9. The molecule has 0 radical (unpaired) electrons. The minimum absolute atomic E-state index is 0.0426. The predicted molar refractivity (Wildman–Crippen MR) is 89.7 cm³/mol. The zero-order valence-corrected chi connectivity index (χ0v) is 14.0. The maximum Gasteiger partial charge on any atom is 0.128 e. The molecule has 0 aromatic heterocycles. The molecule has 0 bridgehead atoms. The summed E-state index contributed by atoms with van der Waals surface area (Å²) in [5, 5.41) is 3.48. The van der Waals surface area contributed by atoms with Crippen molar-refractivity contribution in [2.24, 2.45) is 0 Å². The van der Waals surface area contributed by atoms with Gasteiger partial charge in [-0.3, -0.25) is 0 Å². The highest BCUT2D eigenvalue weighted by molar-refractivity contribution is 5.44. The lowest BCUT2D eigenvalue weighted by Gasteiger charge is -2.44. The molecule has 0 amide bonds. The molecule has 22 heavy (non-hydrogen) atoms. The van der Waals surface area contributed by atoms with Crippen LogP contribution in [0.4, 0.5) is 0 Å². The molecule has 1 aliphatic carbocycles. The second kappa shape index (κ2) is 6.91. The standard InChI is InChI=1S/C19H29NO2/c1-3-4-12-21-15-8-9-16-17(20-2)14-19(22-18(16)13-15)10-6-5-7-11-19/h8-9,13,17,20H,3-7,10-12,14H2,1-2H3. The molecule has 1 N–H and O–H groups in total. The molecular formula is C19H29NO2. The molecule has 1 heterocycles. The fourth-order valence-corrected chi connectivity index (χ4v) is 3.83. The topological polar surface area (TPSA) is 30.5 Å². The molecule has 1 fully saturated rings. The van der Waals surface area contributed by atoms with Gasteiger partial charge < -0.3 is 14.8 Å². The summed E-state index contributed by atoms with van der Waals surface area (Å²) in [5.41, 5.74) is 1.32. The van der Waals surface area contributed by atoms with Gasteiger partial charge in [-0.05, 0) is 45.2 Å². The van der Waals surface area contributed by atoms with Gasteiger partial charge in [0, 0.05) is 24.1 Å². The van der Waals surface area contributed by atoms with Crippen molar-refractivity contribution >= 4 is 0 Å². The summed E-state index contributed by atoms with van der Waals surface area (Å²) in [6, 6.07) is 6.76. The number of rotatable bonds is 5. The van der Waals surface area contributed by atoms with E-state index in [2.05, 4.69) is 37.5 Å². The number of ether oxygens (including phenoxy) is 2. The first-order valence-electron chi connectivity index (χ1n) is 8.89. The minimum Gasteiger partial charge on any atom is -0.493 e. The van der Waals surface area contributed by atoms with Crippen LogP contribution in [0.25, 0.3) is 0 Å². The number of unbranched alkanes of at least 4 members (excludes halogenated alkanes) is 1. The average Bonchev–Trinajstić information content (AvgIpc) is 2.55. The SMILES string of the molecule is CCCCOc1ccc2c(c1)OC1(CCCCC1)CC2NC. The minimum atomic E-state index is 0.0426. The van der Waals surface area contributed by atoms with Gasteiger partial charge >= 0.3 is 0 Å². The van der Waals surface area contributed by atoms with Crippen molar-refractivity contribution in [2.45, 2.75) is 69.9 Å². The Kier molecular flexibility index (Phi) is 4.92. The highest BCUT2D eigenvalue weighted by Crippen LogP contribution is 2.46. The first-order chi connectivity index (χ1) is 10.8. The highest BCUT2D eigenvalue weighted by Gasteiger charge is 2.41. The van der Waals surface area contributed by atoms with Gasteiger partial charge in [0.2, 0.25) is 0 Å². The molecular weight excluding hydrogens is 274 g/mol. The third kappa shape index (κ3) is 3.24. The zero-order valence-electron chi connectivity index (χ0n) is 14.0. The summed E-state index contributed by atoms with van der Waals surface area (Å²) in [5.74, 6) is 1.97. The Bertz CT molecular complexity index is 494.